The molecule has 1 aromatic heterocycles. The molecule has 1 amide bonds. The second-order valence-electron chi connectivity index (χ2n) is 7.65. The number of aromatic nitrogens is 2. The number of ether oxygens (including phenoxy) is 1. The molecule has 0 radical (unpaired) electrons. The summed E-state index contributed by atoms with van der Waals surface area (Å²) in [5, 5.41) is 2.74. The number of hydrogen-bond acceptors (Lipinski definition) is 7. The standard InChI is InChI=1S/C25H21FN6O2/c26-21-12-20(10-9-19(21)15-34-14-16-5-2-1-3-6-16)28-25(33)18-8-4-7-17(11-18)23-27-13-22-24(29-23)31-32-30-22/h1-13,30,32H,14-15H2,(H,28,33)(H,27,29,31). The van der Waals surface area contributed by atoms with Gasteiger partial charge in [-0.05, 0) is 29.8 Å². The minimum atomic E-state index is -0.444. The van der Waals surface area contributed by atoms with Gasteiger partial charge in [-0.15, -0.1) is 5.53 Å². The lowest BCUT2D eigenvalue weighted by Crippen LogP contribution is -2.19. The topological polar surface area (TPSA) is 100 Å². The number of carbonyl (C=O) groups excluding carboxylic acids is 1. The van der Waals surface area contributed by atoms with E-state index in [1.165, 1.54) is 6.07 Å². The lowest BCUT2D eigenvalue weighted by Gasteiger charge is -2.10. The third-order valence-corrected chi connectivity index (χ3v) is 5.23. The lowest BCUT2D eigenvalue weighted by atomic mass is 10.1. The number of anilines is 3. The van der Waals surface area contributed by atoms with E-state index >= 15 is 0 Å². The third kappa shape index (κ3) is 4.85. The highest BCUT2D eigenvalue weighted by Crippen LogP contribution is 2.25. The zero-order valence-corrected chi connectivity index (χ0v) is 18.0. The van der Waals surface area contributed by atoms with Gasteiger partial charge in [-0.2, -0.15) is 0 Å². The molecule has 34 heavy (non-hydrogen) atoms. The van der Waals surface area contributed by atoms with Crippen molar-refractivity contribution in [2.45, 2.75) is 13.2 Å². The molecule has 0 unspecified atom stereocenters. The number of hydrazine groups is 2. The highest BCUT2D eigenvalue weighted by atomic mass is 19.1. The second-order valence-corrected chi connectivity index (χ2v) is 7.65. The maximum atomic E-state index is 14.6. The number of benzene rings is 3. The first-order chi connectivity index (χ1) is 16.7. The molecule has 3 aromatic carbocycles. The van der Waals surface area contributed by atoms with Crippen LogP contribution in [-0.2, 0) is 18.0 Å². The Labute approximate surface area is 195 Å². The average molecular weight is 456 g/mol. The molecule has 0 aliphatic carbocycles. The Hall–Kier alpha value is -4.34. The molecule has 0 atom stereocenters. The van der Waals surface area contributed by atoms with Crippen LogP contribution in [-0.4, -0.2) is 15.9 Å². The Morgan fingerprint density at radius 2 is 1.85 bits per heavy atom. The van der Waals surface area contributed by atoms with Crippen LogP contribution in [0.4, 0.5) is 21.6 Å². The van der Waals surface area contributed by atoms with Crippen LogP contribution in [0.3, 0.4) is 0 Å². The quantitative estimate of drug-likeness (QED) is 0.325. The van der Waals surface area contributed by atoms with Crippen molar-refractivity contribution in [1.29, 1.82) is 0 Å². The van der Waals surface area contributed by atoms with E-state index in [-0.39, 0.29) is 12.5 Å². The lowest BCUT2D eigenvalue weighted by molar-refractivity contribution is 0.102. The summed E-state index contributed by atoms with van der Waals surface area (Å²) >= 11 is 0. The van der Waals surface area contributed by atoms with Crippen LogP contribution in [0.25, 0.3) is 11.4 Å². The molecule has 4 aromatic rings. The molecular formula is C25H21FN6O2. The summed E-state index contributed by atoms with van der Waals surface area (Å²) in [4.78, 5) is 21.5. The predicted molar refractivity (Wildman–Crippen MR) is 127 cm³/mol. The molecule has 0 saturated heterocycles. The largest absolute Gasteiger partial charge is 0.372 e. The fraction of sp³-hybridized carbons (Fsp3) is 0.0800. The van der Waals surface area contributed by atoms with E-state index in [1.807, 2.05) is 36.4 Å². The first-order valence-electron chi connectivity index (χ1n) is 10.6. The van der Waals surface area contributed by atoms with E-state index < -0.39 is 5.82 Å². The van der Waals surface area contributed by atoms with Gasteiger partial charge in [0, 0.05) is 22.4 Å². The van der Waals surface area contributed by atoms with Crippen molar-refractivity contribution >= 4 is 23.1 Å². The second kappa shape index (κ2) is 9.65. The number of hydrogen-bond donors (Lipinski definition) is 4. The maximum Gasteiger partial charge on any atom is 0.255 e. The van der Waals surface area contributed by atoms with Crippen LogP contribution >= 0.6 is 0 Å². The minimum absolute atomic E-state index is 0.137. The van der Waals surface area contributed by atoms with Gasteiger partial charge in [0.05, 0.1) is 19.4 Å². The summed E-state index contributed by atoms with van der Waals surface area (Å²) in [6, 6.07) is 21.2. The molecule has 2 heterocycles. The van der Waals surface area contributed by atoms with E-state index in [2.05, 4.69) is 31.7 Å². The molecule has 8 nitrogen and oxygen atoms in total. The number of halogens is 1. The SMILES string of the molecule is O=C(Nc1ccc(COCc2ccccc2)c(F)c1)c1cccc(-c2ncc3c(n2)NNN3)c1. The highest BCUT2D eigenvalue weighted by Gasteiger charge is 2.15. The molecule has 0 fully saturated rings. The van der Waals surface area contributed by atoms with Gasteiger partial charge < -0.3 is 10.1 Å². The first-order valence-corrected chi connectivity index (χ1v) is 10.6. The molecule has 0 saturated carbocycles. The Morgan fingerprint density at radius 3 is 2.71 bits per heavy atom. The molecule has 5 rings (SSSR count). The molecule has 0 bridgehead atoms. The normalized spacial score (nSPS) is 11.9. The van der Waals surface area contributed by atoms with E-state index in [1.54, 1.807) is 36.5 Å². The van der Waals surface area contributed by atoms with Crippen LogP contribution < -0.4 is 21.7 Å². The Kier molecular flexibility index (Phi) is 6.11. The summed E-state index contributed by atoms with van der Waals surface area (Å²) in [5.41, 5.74) is 12.1. The van der Waals surface area contributed by atoms with E-state index in [0.717, 1.165) is 11.3 Å². The average Bonchev–Trinajstić information content (AvgIpc) is 3.34. The number of carbonyl (C=O) groups is 1. The zero-order chi connectivity index (χ0) is 23.3. The van der Waals surface area contributed by atoms with Gasteiger partial charge in [0.15, 0.2) is 11.6 Å². The zero-order valence-electron chi connectivity index (χ0n) is 18.0. The Morgan fingerprint density at radius 1 is 0.971 bits per heavy atom. The molecule has 1 aliphatic heterocycles. The monoisotopic (exact) mass is 456 g/mol. The summed E-state index contributed by atoms with van der Waals surface area (Å²) in [6.45, 7) is 0.532. The maximum absolute atomic E-state index is 14.6. The molecular weight excluding hydrogens is 435 g/mol. The van der Waals surface area contributed by atoms with Crippen molar-refractivity contribution in [2.75, 3.05) is 16.2 Å². The minimum Gasteiger partial charge on any atom is -0.372 e. The predicted octanol–water partition coefficient (Wildman–Crippen LogP) is 4.51. The molecule has 0 spiro atoms. The molecule has 4 N–H and O–H groups in total. The Balaban J connectivity index is 1.23. The van der Waals surface area contributed by atoms with E-state index in [4.69, 9.17) is 4.74 Å². The molecule has 9 heteroatoms. The van der Waals surface area contributed by atoms with Gasteiger partial charge in [-0.3, -0.25) is 15.6 Å². The third-order valence-electron chi connectivity index (χ3n) is 5.23. The van der Waals surface area contributed by atoms with Gasteiger partial charge in [0.25, 0.3) is 5.91 Å². The van der Waals surface area contributed by atoms with Gasteiger partial charge in [-0.25, -0.2) is 14.4 Å². The fourth-order valence-corrected chi connectivity index (χ4v) is 3.46. The highest BCUT2D eigenvalue weighted by molar-refractivity contribution is 6.04. The van der Waals surface area contributed by atoms with E-state index in [0.29, 0.717) is 40.6 Å². The number of nitrogens with one attached hydrogen (secondary N) is 4. The van der Waals surface area contributed by atoms with E-state index in [9.17, 15) is 9.18 Å². The first kappa shape index (κ1) is 21.5. The van der Waals surface area contributed by atoms with Crippen LogP contribution in [0, 0.1) is 5.82 Å². The Bertz CT molecular complexity index is 1330. The smallest absolute Gasteiger partial charge is 0.255 e. The van der Waals surface area contributed by atoms with Crippen LogP contribution in [0.15, 0.2) is 79.0 Å². The van der Waals surface area contributed by atoms with Gasteiger partial charge in [0.2, 0.25) is 0 Å². The summed E-state index contributed by atoms with van der Waals surface area (Å²) < 4.78 is 20.2. The van der Waals surface area contributed by atoms with Crippen molar-refractivity contribution < 1.29 is 13.9 Å². The molecule has 170 valence electrons. The summed E-state index contributed by atoms with van der Waals surface area (Å²) in [5.74, 6) is 0.276. The number of fused-ring (bicyclic) bond motifs is 1. The van der Waals surface area contributed by atoms with Crippen molar-refractivity contribution in [2.24, 2.45) is 0 Å². The van der Waals surface area contributed by atoms with Crippen LogP contribution in [0.5, 0.6) is 0 Å². The molecule has 1 aliphatic rings. The van der Waals surface area contributed by atoms with Crippen molar-refractivity contribution in [1.82, 2.24) is 15.5 Å². The summed E-state index contributed by atoms with van der Waals surface area (Å²) in [7, 11) is 0. The fourth-order valence-electron chi connectivity index (χ4n) is 3.46. The van der Waals surface area contributed by atoms with Crippen molar-refractivity contribution in [3.05, 3.63) is 102 Å². The van der Waals surface area contributed by atoms with Gasteiger partial charge in [0.1, 0.15) is 11.5 Å². The summed E-state index contributed by atoms with van der Waals surface area (Å²) in [6.07, 6.45) is 1.64. The van der Waals surface area contributed by atoms with Gasteiger partial charge >= 0.3 is 0 Å². The van der Waals surface area contributed by atoms with Crippen LogP contribution in [0.2, 0.25) is 0 Å². The van der Waals surface area contributed by atoms with Crippen molar-refractivity contribution in [3.8, 4) is 11.4 Å². The number of nitrogens with zero attached hydrogens (tertiary/aromatic N) is 2. The van der Waals surface area contributed by atoms with Crippen molar-refractivity contribution in [3.63, 3.8) is 0 Å². The van der Waals surface area contributed by atoms with Gasteiger partial charge in [-0.1, -0.05) is 48.5 Å². The van der Waals surface area contributed by atoms with Crippen LogP contribution in [0.1, 0.15) is 21.5 Å². The number of rotatable bonds is 7. The number of amides is 1.